The van der Waals surface area contributed by atoms with Gasteiger partial charge in [-0.25, -0.2) is 0 Å². The summed E-state index contributed by atoms with van der Waals surface area (Å²) in [6.07, 6.45) is 0. The van der Waals surface area contributed by atoms with Gasteiger partial charge in [0.1, 0.15) is 4.60 Å². The number of nitrogens with zero attached hydrogens (tertiary/aromatic N) is 2. The van der Waals surface area contributed by atoms with E-state index in [4.69, 9.17) is 5.73 Å². The van der Waals surface area contributed by atoms with E-state index in [2.05, 4.69) is 26.1 Å². The molecular formula is C8H6BrN3. The Hall–Kier alpha value is -1.16. The Kier molecular flexibility index (Phi) is 1.69. The number of rotatable bonds is 0. The first kappa shape index (κ1) is 7.49. The largest absolute Gasteiger partial charge is 0.382 e. The molecule has 3 nitrogen and oxygen atoms in total. The molecule has 2 rings (SSSR count). The van der Waals surface area contributed by atoms with Crippen molar-refractivity contribution in [1.29, 1.82) is 0 Å². The molecule has 2 aromatic rings. The van der Waals surface area contributed by atoms with Gasteiger partial charge >= 0.3 is 0 Å². The van der Waals surface area contributed by atoms with Crippen molar-refractivity contribution in [1.82, 2.24) is 10.2 Å². The maximum absolute atomic E-state index is 5.63. The molecule has 60 valence electrons. The highest BCUT2D eigenvalue weighted by atomic mass is 79.9. The fourth-order valence-electron chi connectivity index (χ4n) is 1.09. The highest BCUT2D eigenvalue weighted by molar-refractivity contribution is 9.10. The molecule has 0 spiro atoms. The normalized spacial score (nSPS) is 10.4. The Balaban J connectivity index is 2.95. The van der Waals surface area contributed by atoms with Crippen molar-refractivity contribution < 1.29 is 0 Å². The molecule has 0 aliphatic rings. The van der Waals surface area contributed by atoms with Crippen LogP contribution in [0, 0.1) is 0 Å². The Labute approximate surface area is 77.7 Å². The van der Waals surface area contributed by atoms with Crippen LogP contribution in [-0.2, 0) is 0 Å². The molecule has 0 unspecified atom stereocenters. The van der Waals surface area contributed by atoms with Crippen LogP contribution in [0.1, 0.15) is 0 Å². The zero-order valence-electron chi connectivity index (χ0n) is 6.16. The van der Waals surface area contributed by atoms with Crippen molar-refractivity contribution in [3.63, 3.8) is 0 Å². The minimum atomic E-state index is 0.466. The first-order valence-electron chi connectivity index (χ1n) is 3.45. The van der Waals surface area contributed by atoms with Crippen LogP contribution in [0.3, 0.4) is 0 Å². The molecule has 4 heteroatoms. The second-order valence-electron chi connectivity index (χ2n) is 2.42. The Morgan fingerprint density at radius 2 is 1.75 bits per heavy atom. The molecule has 0 fully saturated rings. The molecule has 1 aromatic heterocycles. The van der Waals surface area contributed by atoms with E-state index >= 15 is 0 Å². The van der Waals surface area contributed by atoms with Crippen LogP contribution in [0.15, 0.2) is 28.9 Å². The summed E-state index contributed by atoms with van der Waals surface area (Å²) < 4.78 is 0.729. The number of benzene rings is 1. The summed E-state index contributed by atoms with van der Waals surface area (Å²) in [5.74, 6) is 0.466. The summed E-state index contributed by atoms with van der Waals surface area (Å²) >= 11 is 3.30. The maximum atomic E-state index is 5.63. The standard InChI is InChI=1S/C8H6BrN3/c9-7-5-3-1-2-4-6(5)8(10)12-11-7/h1-4H,(H2,10,12). The second kappa shape index (κ2) is 2.71. The predicted molar refractivity (Wildman–Crippen MR) is 51.7 cm³/mol. The molecule has 0 saturated carbocycles. The molecule has 0 aliphatic carbocycles. The second-order valence-corrected chi connectivity index (χ2v) is 3.17. The van der Waals surface area contributed by atoms with Gasteiger partial charge in [0.25, 0.3) is 0 Å². The van der Waals surface area contributed by atoms with E-state index in [0.717, 1.165) is 15.4 Å². The molecule has 1 aromatic carbocycles. The molecule has 0 bridgehead atoms. The van der Waals surface area contributed by atoms with Crippen LogP contribution in [0.2, 0.25) is 0 Å². The van der Waals surface area contributed by atoms with Crippen LogP contribution in [0.4, 0.5) is 5.82 Å². The summed E-state index contributed by atoms with van der Waals surface area (Å²) in [5.41, 5.74) is 5.63. The average Bonchev–Trinajstić information content (AvgIpc) is 2.12. The molecule has 12 heavy (non-hydrogen) atoms. The Morgan fingerprint density at radius 3 is 2.42 bits per heavy atom. The number of halogens is 1. The zero-order valence-corrected chi connectivity index (χ0v) is 7.75. The summed E-state index contributed by atoms with van der Waals surface area (Å²) in [6.45, 7) is 0. The molecule has 1 heterocycles. The van der Waals surface area contributed by atoms with Crippen LogP contribution < -0.4 is 5.73 Å². The van der Waals surface area contributed by atoms with Crippen LogP contribution >= 0.6 is 15.9 Å². The van der Waals surface area contributed by atoms with E-state index in [-0.39, 0.29) is 0 Å². The SMILES string of the molecule is Nc1nnc(Br)c2ccccc12. The molecule has 0 atom stereocenters. The van der Waals surface area contributed by atoms with Crippen molar-refractivity contribution in [3.05, 3.63) is 28.9 Å². The number of anilines is 1. The summed E-state index contributed by atoms with van der Waals surface area (Å²) in [5, 5.41) is 9.56. The topological polar surface area (TPSA) is 51.8 Å². The highest BCUT2D eigenvalue weighted by Gasteiger charge is 2.02. The third kappa shape index (κ3) is 1.04. The van der Waals surface area contributed by atoms with Gasteiger partial charge in [-0.3, -0.25) is 0 Å². The van der Waals surface area contributed by atoms with E-state index in [1.54, 1.807) is 0 Å². The van der Waals surface area contributed by atoms with E-state index < -0.39 is 0 Å². The number of hydrogen-bond acceptors (Lipinski definition) is 3. The van der Waals surface area contributed by atoms with Gasteiger partial charge in [0.2, 0.25) is 0 Å². The summed E-state index contributed by atoms with van der Waals surface area (Å²) in [6, 6.07) is 7.73. The van der Waals surface area contributed by atoms with Crippen molar-refractivity contribution in [2.45, 2.75) is 0 Å². The van der Waals surface area contributed by atoms with Gasteiger partial charge in [0, 0.05) is 10.8 Å². The number of fused-ring (bicyclic) bond motifs is 1. The van der Waals surface area contributed by atoms with Gasteiger partial charge in [-0.2, -0.15) is 0 Å². The first-order valence-corrected chi connectivity index (χ1v) is 4.25. The predicted octanol–water partition coefficient (Wildman–Crippen LogP) is 1.97. The highest BCUT2D eigenvalue weighted by Crippen LogP contribution is 2.23. The molecule has 2 N–H and O–H groups in total. The van der Waals surface area contributed by atoms with Gasteiger partial charge in [-0.05, 0) is 15.9 Å². The number of nitrogen functional groups attached to an aromatic ring is 1. The van der Waals surface area contributed by atoms with Crippen LogP contribution in [-0.4, -0.2) is 10.2 Å². The van der Waals surface area contributed by atoms with Crippen molar-refractivity contribution in [2.75, 3.05) is 5.73 Å². The van der Waals surface area contributed by atoms with Gasteiger partial charge in [0.15, 0.2) is 5.82 Å². The monoisotopic (exact) mass is 223 g/mol. The van der Waals surface area contributed by atoms with Gasteiger partial charge in [-0.1, -0.05) is 24.3 Å². The third-order valence-corrected chi connectivity index (χ3v) is 2.26. The lowest BCUT2D eigenvalue weighted by Crippen LogP contribution is -1.94. The molecule has 0 aliphatic heterocycles. The lowest BCUT2D eigenvalue weighted by Gasteiger charge is -2.00. The third-order valence-electron chi connectivity index (χ3n) is 1.67. The first-order chi connectivity index (χ1) is 5.79. The smallest absolute Gasteiger partial charge is 0.154 e. The fraction of sp³-hybridized carbons (Fsp3) is 0. The van der Waals surface area contributed by atoms with E-state index in [9.17, 15) is 0 Å². The number of hydrogen-bond donors (Lipinski definition) is 1. The summed E-state index contributed by atoms with van der Waals surface area (Å²) in [4.78, 5) is 0. The van der Waals surface area contributed by atoms with E-state index in [0.29, 0.717) is 5.82 Å². The summed E-state index contributed by atoms with van der Waals surface area (Å²) in [7, 11) is 0. The minimum Gasteiger partial charge on any atom is -0.382 e. The zero-order chi connectivity index (χ0) is 8.55. The lowest BCUT2D eigenvalue weighted by molar-refractivity contribution is 1.04. The molecule has 0 radical (unpaired) electrons. The lowest BCUT2D eigenvalue weighted by atomic mass is 10.2. The van der Waals surface area contributed by atoms with Crippen molar-refractivity contribution in [2.24, 2.45) is 0 Å². The number of aromatic nitrogens is 2. The number of nitrogens with two attached hydrogens (primary N) is 1. The van der Waals surface area contributed by atoms with E-state index in [1.165, 1.54) is 0 Å². The molecular weight excluding hydrogens is 218 g/mol. The van der Waals surface area contributed by atoms with Gasteiger partial charge in [-0.15, -0.1) is 10.2 Å². The van der Waals surface area contributed by atoms with Crippen LogP contribution in [0.25, 0.3) is 10.8 Å². The Morgan fingerprint density at radius 1 is 1.08 bits per heavy atom. The van der Waals surface area contributed by atoms with Crippen LogP contribution in [0.5, 0.6) is 0 Å². The fourth-order valence-corrected chi connectivity index (χ4v) is 1.52. The average molecular weight is 224 g/mol. The van der Waals surface area contributed by atoms with Gasteiger partial charge < -0.3 is 5.73 Å². The van der Waals surface area contributed by atoms with Gasteiger partial charge in [0.05, 0.1) is 0 Å². The van der Waals surface area contributed by atoms with E-state index in [1.807, 2.05) is 24.3 Å². The molecule has 0 amide bonds. The molecule has 0 saturated heterocycles. The minimum absolute atomic E-state index is 0.466. The maximum Gasteiger partial charge on any atom is 0.154 e. The Bertz CT molecular complexity index is 387. The van der Waals surface area contributed by atoms with Crippen molar-refractivity contribution in [3.8, 4) is 0 Å². The van der Waals surface area contributed by atoms with Crippen molar-refractivity contribution >= 4 is 32.5 Å². The quantitative estimate of drug-likeness (QED) is 0.744.